The SMILES string of the molecule is CCC1OC1C(=N)c1cc(O)c(O)c(Cl)c1. The number of benzene rings is 1. The van der Waals surface area contributed by atoms with E-state index in [0.29, 0.717) is 5.56 Å². The molecule has 3 N–H and O–H groups in total. The van der Waals surface area contributed by atoms with E-state index in [1.165, 1.54) is 12.1 Å². The Morgan fingerprint density at radius 2 is 2.19 bits per heavy atom. The zero-order chi connectivity index (χ0) is 11.9. The molecule has 0 aromatic heterocycles. The molecule has 5 heteroatoms. The summed E-state index contributed by atoms with van der Waals surface area (Å²) in [6, 6.07) is 2.77. The lowest BCUT2D eigenvalue weighted by atomic mass is 10.0. The Bertz CT molecular complexity index is 424. The van der Waals surface area contributed by atoms with Crippen LogP contribution in [-0.2, 0) is 4.74 Å². The number of nitrogens with one attached hydrogen (secondary N) is 1. The molecule has 16 heavy (non-hydrogen) atoms. The van der Waals surface area contributed by atoms with E-state index in [2.05, 4.69) is 0 Å². The van der Waals surface area contributed by atoms with Crippen LogP contribution in [0.15, 0.2) is 12.1 Å². The van der Waals surface area contributed by atoms with Gasteiger partial charge in [-0.3, -0.25) is 0 Å². The molecule has 2 atom stereocenters. The van der Waals surface area contributed by atoms with Crippen LogP contribution in [-0.4, -0.2) is 28.1 Å². The van der Waals surface area contributed by atoms with Gasteiger partial charge < -0.3 is 20.4 Å². The Morgan fingerprint density at radius 1 is 1.50 bits per heavy atom. The van der Waals surface area contributed by atoms with E-state index < -0.39 is 0 Å². The van der Waals surface area contributed by atoms with E-state index in [0.717, 1.165) is 6.42 Å². The van der Waals surface area contributed by atoms with E-state index in [9.17, 15) is 10.2 Å². The minimum absolute atomic E-state index is 0.0356. The second-order valence-corrected chi connectivity index (χ2v) is 4.15. The maximum absolute atomic E-state index is 9.38. The van der Waals surface area contributed by atoms with Crippen LogP contribution in [0.1, 0.15) is 18.9 Å². The number of halogens is 1. The Balaban J connectivity index is 2.25. The fourth-order valence-electron chi connectivity index (χ4n) is 1.61. The molecular weight excluding hydrogens is 230 g/mol. The molecule has 0 radical (unpaired) electrons. The van der Waals surface area contributed by atoms with Crippen molar-refractivity contribution in [3.63, 3.8) is 0 Å². The van der Waals surface area contributed by atoms with Crippen molar-refractivity contribution in [2.24, 2.45) is 0 Å². The fraction of sp³-hybridized carbons (Fsp3) is 0.364. The molecule has 0 amide bonds. The largest absolute Gasteiger partial charge is 0.504 e. The standard InChI is InChI=1S/C11H12ClNO3/c1-2-8-11(16-8)9(13)5-3-6(12)10(15)7(14)4-5/h3-4,8,11,13-15H,2H2,1H3. The lowest BCUT2D eigenvalue weighted by molar-refractivity contribution is 0.389. The van der Waals surface area contributed by atoms with Crippen molar-refractivity contribution in [1.82, 2.24) is 0 Å². The van der Waals surface area contributed by atoms with Crippen LogP contribution < -0.4 is 0 Å². The van der Waals surface area contributed by atoms with E-state index >= 15 is 0 Å². The average molecular weight is 242 g/mol. The van der Waals surface area contributed by atoms with Gasteiger partial charge in [-0.15, -0.1) is 0 Å². The van der Waals surface area contributed by atoms with Gasteiger partial charge in [-0.05, 0) is 18.6 Å². The smallest absolute Gasteiger partial charge is 0.176 e. The van der Waals surface area contributed by atoms with Crippen molar-refractivity contribution in [2.75, 3.05) is 0 Å². The van der Waals surface area contributed by atoms with Crippen LogP contribution in [0.5, 0.6) is 11.5 Å². The average Bonchev–Trinajstić information content (AvgIpc) is 3.03. The molecular formula is C11H12ClNO3. The summed E-state index contributed by atoms with van der Waals surface area (Å²) >= 11 is 5.71. The number of hydrogen-bond acceptors (Lipinski definition) is 4. The first kappa shape index (κ1) is 11.2. The summed E-state index contributed by atoms with van der Waals surface area (Å²) in [5.74, 6) is -0.678. The maximum Gasteiger partial charge on any atom is 0.176 e. The van der Waals surface area contributed by atoms with Crippen LogP contribution in [0.25, 0.3) is 0 Å². The molecule has 0 aliphatic carbocycles. The summed E-state index contributed by atoms with van der Waals surface area (Å²) in [7, 11) is 0. The Hall–Kier alpha value is -1.26. The summed E-state index contributed by atoms with van der Waals surface area (Å²) in [4.78, 5) is 0. The Kier molecular flexibility index (Phi) is 2.78. The maximum atomic E-state index is 9.38. The second-order valence-electron chi connectivity index (χ2n) is 3.74. The predicted octanol–water partition coefficient (Wildman–Crippen LogP) is 2.30. The first-order valence-electron chi connectivity index (χ1n) is 5.00. The molecule has 1 fully saturated rings. The molecule has 4 nitrogen and oxygen atoms in total. The van der Waals surface area contributed by atoms with E-state index in [1.807, 2.05) is 6.92 Å². The van der Waals surface area contributed by atoms with Gasteiger partial charge in [0.25, 0.3) is 0 Å². The number of ether oxygens (including phenoxy) is 1. The molecule has 2 rings (SSSR count). The van der Waals surface area contributed by atoms with Gasteiger partial charge in [-0.25, -0.2) is 0 Å². The number of aromatic hydroxyl groups is 2. The molecule has 0 spiro atoms. The highest BCUT2D eigenvalue weighted by Gasteiger charge is 2.41. The molecule has 1 aromatic carbocycles. The van der Waals surface area contributed by atoms with Crippen LogP contribution in [0, 0.1) is 5.41 Å². The fourth-order valence-corrected chi connectivity index (χ4v) is 1.83. The Morgan fingerprint density at radius 3 is 2.69 bits per heavy atom. The first-order valence-corrected chi connectivity index (χ1v) is 5.38. The summed E-state index contributed by atoms with van der Waals surface area (Å²) in [6.45, 7) is 1.99. The molecule has 0 saturated carbocycles. The van der Waals surface area contributed by atoms with Crippen molar-refractivity contribution < 1.29 is 14.9 Å². The third-order valence-electron chi connectivity index (χ3n) is 2.62. The zero-order valence-electron chi connectivity index (χ0n) is 8.70. The van der Waals surface area contributed by atoms with E-state index in [1.54, 1.807) is 0 Å². The van der Waals surface area contributed by atoms with Gasteiger partial charge in [-0.2, -0.15) is 0 Å². The lowest BCUT2D eigenvalue weighted by Crippen LogP contribution is -2.10. The molecule has 1 heterocycles. The predicted molar refractivity (Wildman–Crippen MR) is 60.6 cm³/mol. The summed E-state index contributed by atoms with van der Waals surface area (Å²) in [5, 5.41) is 26.6. The van der Waals surface area contributed by atoms with Crippen molar-refractivity contribution >= 4 is 17.3 Å². The monoisotopic (exact) mass is 241 g/mol. The van der Waals surface area contributed by atoms with Crippen LogP contribution in [0.3, 0.4) is 0 Å². The quantitative estimate of drug-likeness (QED) is 0.432. The second kappa shape index (κ2) is 3.96. The number of hydrogen-bond donors (Lipinski definition) is 3. The van der Waals surface area contributed by atoms with Gasteiger partial charge in [-0.1, -0.05) is 18.5 Å². The van der Waals surface area contributed by atoms with Gasteiger partial charge >= 0.3 is 0 Å². The van der Waals surface area contributed by atoms with Crippen LogP contribution >= 0.6 is 11.6 Å². The molecule has 2 unspecified atom stereocenters. The number of phenolic OH excluding ortho intramolecular Hbond substituents is 2. The van der Waals surface area contributed by atoms with Crippen molar-refractivity contribution in [1.29, 1.82) is 5.41 Å². The summed E-state index contributed by atoms with van der Waals surface area (Å²) in [5.41, 5.74) is 0.755. The summed E-state index contributed by atoms with van der Waals surface area (Å²) in [6.07, 6.45) is 0.720. The highest BCUT2D eigenvalue weighted by Crippen LogP contribution is 2.36. The minimum Gasteiger partial charge on any atom is -0.504 e. The van der Waals surface area contributed by atoms with Crippen LogP contribution in [0.2, 0.25) is 5.02 Å². The minimum atomic E-state index is -0.359. The molecule has 1 aliphatic heterocycles. The third kappa shape index (κ3) is 1.86. The van der Waals surface area contributed by atoms with Crippen molar-refractivity contribution in [2.45, 2.75) is 25.6 Å². The number of epoxide rings is 1. The first-order chi connectivity index (χ1) is 7.54. The van der Waals surface area contributed by atoms with Gasteiger partial charge in [0.15, 0.2) is 11.5 Å². The number of phenols is 2. The van der Waals surface area contributed by atoms with E-state index in [4.69, 9.17) is 21.7 Å². The molecule has 1 saturated heterocycles. The molecule has 86 valence electrons. The third-order valence-corrected chi connectivity index (χ3v) is 2.91. The van der Waals surface area contributed by atoms with Gasteiger partial charge in [0, 0.05) is 5.56 Å². The van der Waals surface area contributed by atoms with Gasteiger partial charge in [0.05, 0.1) is 16.8 Å². The van der Waals surface area contributed by atoms with Gasteiger partial charge in [0.2, 0.25) is 0 Å². The molecule has 1 aliphatic rings. The number of rotatable bonds is 3. The topological polar surface area (TPSA) is 76.8 Å². The van der Waals surface area contributed by atoms with Crippen molar-refractivity contribution in [3.05, 3.63) is 22.7 Å². The normalized spacial score (nSPS) is 23.1. The summed E-state index contributed by atoms with van der Waals surface area (Å²) < 4.78 is 5.28. The van der Waals surface area contributed by atoms with E-state index in [-0.39, 0.29) is 34.4 Å². The van der Waals surface area contributed by atoms with Crippen molar-refractivity contribution in [3.8, 4) is 11.5 Å². The van der Waals surface area contributed by atoms with Crippen LogP contribution in [0.4, 0.5) is 0 Å². The highest BCUT2D eigenvalue weighted by molar-refractivity contribution is 6.32. The molecule has 1 aromatic rings. The Labute approximate surface area is 97.9 Å². The highest BCUT2D eigenvalue weighted by atomic mass is 35.5. The zero-order valence-corrected chi connectivity index (χ0v) is 9.45. The molecule has 0 bridgehead atoms. The van der Waals surface area contributed by atoms with Gasteiger partial charge in [0.1, 0.15) is 6.10 Å². The lowest BCUT2D eigenvalue weighted by Gasteiger charge is -2.05.